The summed E-state index contributed by atoms with van der Waals surface area (Å²) in [4.78, 5) is 12.5. The van der Waals surface area contributed by atoms with Crippen LogP contribution in [0, 0.1) is 0 Å². The van der Waals surface area contributed by atoms with Gasteiger partial charge >= 0.3 is 12.6 Å². The first-order valence-corrected chi connectivity index (χ1v) is 8.80. The van der Waals surface area contributed by atoms with E-state index in [2.05, 4.69) is 15.4 Å². The maximum atomic E-state index is 12.6. The molecular weight excluding hydrogens is 394 g/mol. The molecule has 2 aromatic rings. The van der Waals surface area contributed by atoms with Crippen LogP contribution in [0.5, 0.6) is 17.2 Å². The van der Waals surface area contributed by atoms with Gasteiger partial charge in [0.05, 0.1) is 31.0 Å². The summed E-state index contributed by atoms with van der Waals surface area (Å²) in [6.45, 7) is -1.14. The van der Waals surface area contributed by atoms with E-state index in [9.17, 15) is 13.6 Å². The molecule has 1 atom stereocenters. The summed E-state index contributed by atoms with van der Waals surface area (Å²) < 4.78 is 40.2. The zero-order chi connectivity index (χ0) is 20.7. The third-order valence-electron chi connectivity index (χ3n) is 3.95. The lowest BCUT2D eigenvalue weighted by Crippen LogP contribution is -2.32. The van der Waals surface area contributed by atoms with Crippen molar-refractivity contribution in [1.29, 1.82) is 0 Å². The van der Waals surface area contributed by atoms with Crippen LogP contribution in [0.1, 0.15) is 24.9 Å². The maximum absolute atomic E-state index is 12.6. The molecule has 0 aliphatic heterocycles. The number of benzene rings is 2. The van der Waals surface area contributed by atoms with Gasteiger partial charge in [0.25, 0.3) is 0 Å². The van der Waals surface area contributed by atoms with Crippen molar-refractivity contribution in [3.63, 3.8) is 0 Å². The average molecular weight is 415 g/mol. The molecule has 2 aromatic carbocycles. The molecule has 1 unspecified atom stereocenters. The van der Waals surface area contributed by atoms with Crippen LogP contribution in [0.25, 0.3) is 0 Å². The van der Waals surface area contributed by atoms with Gasteiger partial charge < -0.3 is 24.8 Å². The summed E-state index contributed by atoms with van der Waals surface area (Å²) in [6.07, 6.45) is 0.456. The van der Waals surface area contributed by atoms with Gasteiger partial charge in [0, 0.05) is 17.7 Å². The molecule has 2 rings (SSSR count). The molecule has 28 heavy (non-hydrogen) atoms. The molecule has 0 radical (unpaired) electrons. The minimum atomic E-state index is -2.96. The third kappa shape index (κ3) is 5.39. The second-order valence-electron chi connectivity index (χ2n) is 5.66. The van der Waals surface area contributed by atoms with E-state index >= 15 is 0 Å². The van der Waals surface area contributed by atoms with Crippen LogP contribution in [0.3, 0.4) is 0 Å². The minimum Gasteiger partial charge on any atom is -0.495 e. The number of amides is 2. The van der Waals surface area contributed by atoms with E-state index in [1.807, 2.05) is 6.92 Å². The summed E-state index contributed by atoms with van der Waals surface area (Å²) in [6, 6.07) is 8.25. The Balaban J connectivity index is 2.20. The monoisotopic (exact) mass is 414 g/mol. The number of nitrogens with one attached hydrogen (secondary N) is 2. The van der Waals surface area contributed by atoms with E-state index in [1.54, 1.807) is 18.2 Å². The van der Waals surface area contributed by atoms with E-state index in [4.69, 9.17) is 21.1 Å². The lowest BCUT2D eigenvalue weighted by Gasteiger charge is -2.21. The Morgan fingerprint density at radius 3 is 2.39 bits per heavy atom. The van der Waals surface area contributed by atoms with Crippen molar-refractivity contribution in [3.05, 3.63) is 47.0 Å². The predicted molar refractivity (Wildman–Crippen MR) is 103 cm³/mol. The summed E-state index contributed by atoms with van der Waals surface area (Å²) in [5.41, 5.74) is 0.786. The van der Waals surface area contributed by atoms with Gasteiger partial charge in [-0.1, -0.05) is 36.7 Å². The van der Waals surface area contributed by atoms with Gasteiger partial charge in [-0.3, -0.25) is 0 Å². The molecule has 0 aliphatic carbocycles. The fourth-order valence-corrected chi connectivity index (χ4v) is 2.88. The normalized spacial score (nSPS) is 11.7. The van der Waals surface area contributed by atoms with Crippen LogP contribution in [0.4, 0.5) is 19.3 Å². The fourth-order valence-electron chi connectivity index (χ4n) is 2.65. The topological polar surface area (TPSA) is 68.8 Å². The number of urea groups is 1. The van der Waals surface area contributed by atoms with Crippen molar-refractivity contribution in [2.75, 3.05) is 19.5 Å². The smallest absolute Gasteiger partial charge is 0.387 e. The van der Waals surface area contributed by atoms with Crippen LogP contribution in [0.2, 0.25) is 5.02 Å². The maximum Gasteiger partial charge on any atom is 0.387 e. The number of ether oxygens (including phenoxy) is 3. The van der Waals surface area contributed by atoms with Crippen molar-refractivity contribution in [2.45, 2.75) is 26.0 Å². The molecule has 6 nitrogen and oxygen atoms in total. The van der Waals surface area contributed by atoms with Crippen molar-refractivity contribution >= 4 is 23.3 Å². The van der Waals surface area contributed by atoms with E-state index in [1.165, 1.54) is 32.4 Å². The lowest BCUT2D eigenvalue weighted by molar-refractivity contribution is -0.0506. The van der Waals surface area contributed by atoms with Gasteiger partial charge in [0.1, 0.15) is 17.2 Å². The van der Waals surface area contributed by atoms with E-state index < -0.39 is 18.7 Å². The average Bonchev–Trinajstić information content (AvgIpc) is 2.67. The predicted octanol–water partition coefficient (Wildman–Crippen LogP) is 5.23. The summed E-state index contributed by atoms with van der Waals surface area (Å²) >= 11 is 6.05. The van der Waals surface area contributed by atoms with Crippen LogP contribution >= 0.6 is 11.6 Å². The van der Waals surface area contributed by atoms with Gasteiger partial charge in [-0.05, 0) is 12.5 Å². The Labute approximate surface area is 166 Å². The Morgan fingerprint density at radius 1 is 1.11 bits per heavy atom. The Morgan fingerprint density at radius 2 is 1.79 bits per heavy atom. The highest BCUT2D eigenvalue weighted by Crippen LogP contribution is 2.36. The number of rotatable bonds is 8. The highest BCUT2D eigenvalue weighted by atomic mass is 35.5. The number of halogens is 3. The molecular formula is C19H21ClF2N2O4. The third-order valence-corrected chi connectivity index (χ3v) is 4.24. The molecule has 2 amide bonds. The second kappa shape index (κ2) is 9.98. The number of anilines is 1. The van der Waals surface area contributed by atoms with Crippen molar-refractivity contribution < 1.29 is 27.8 Å². The zero-order valence-electron chi connectivity index (χ0n) is 15.6. The Hall–Kier alpha value is -2.74. The van der Waals surface area contributed by atoms with Gasteiger partial charge in [0.2, 0.25) is 0 Å². The van der Waals surface area contributed by atoms with Crippen LogP contribution < -0.4 is 24.8 Å². The highest BCUT2D eigenvalue weighted by molar-refractivity contribution is 6.32. The van der Waals surface area contributed by atoms with Gasteiger partial charge in [-0.25, -0.2) is 4.79 Å². The van der Waals surface area contributed by atoms with Crippen molar-refractivity contribution in [1.82, 2.24) is 5.32 Å². The molecule has 0 heterocycles. The number of hydrogen-bond acceptors (Lipinski definition) is 4. The number of carbonyl (C=O) groups is 1. The molecule has 2 N–H and O–H groups in total. The molecule has 0 spiro atoms. The molecule has 152 valence electrons. The summed E-state index contributed by atoms with van der Waals surface area (Å²) in [5, 5.41) is 5.73. The highest BCUT2D eigenvalue weighted by Gasteiger charge is 2.20. The Kier molecular flexibility index (Phi) is 7.69. The standard InChI is InChI=1S/C19H21ClF2N2O4/c1-4-13(11-7-5-6-8-15(11)28-18(21)22)23-19(25)24-14-10-16(26-2)12(20)9-17(14)27-3/h5-10,13,18H,4H2,1-3H3,(H2,23,24,25). The number of alkyl halides is 2. The van der Waals surface area contributed by atoms with E-state index in [0.29, 0.717) is 34.2 Å². The molecule has 9 heteroatoms. The SMILES string of the molecule is CCC(NC(=O)Nc1cc(OC)c(Cl)cc1OC)c1ccccc1OC(F)F. The summed E-state index contributed by atoms with van der Waals surface area (Å²) in [7, 11) is 2.89. The van der Waals surface area contributed by atoms with Gasteiger partial charge in [0.15, 0.2) is 0 Å². The quantitative estimate of drug-likeness (QED) is 0.620. The molecule has 0 bridgehead atoms. The number of hydrogen-bond donors (Lipinski definition) is 2. The van der Waals surface area contributed by atoms with Gasteiger partial charge in [-0.15, -0.1) is 0 Å². The summed E-state index contributed by atoms with van der Waals surface area (Å²) in [5.74, 6) is 0.714. The second-order valence-corrected chi connectivity index (χ2v) is 6.07. The molecule has 0 fully saturated rings. The molecule has 0 saturated carbocycles. The molecule has 0 aliphatic rings. The van der Waals surface area contributed by atoms with Crippen molar-refractivity contribution in [2.24, 2.45) is 0 Å². The fraction of sp³-hybridized carbons (Fsp3) is 0.316. The first kappa shape index (κ1) is 21.6. The Bertz CT molecular complexity index is 821. The number of para-hydroxylation sites is 1. The van der Waals surface area contributed by atoms with Crippen LogP contribution in [0.15, 0.2) is 36.4 Å². The van der Waals surface area contributed by atoms with E-state index in [0.717, 1.165) is 0 Å². The minimum absolute atomic E-state index is 0.00962. The van der Waals surface area contributed by atoms with Crippen LogP contribution in [-0.4, -0.2) is 26.9 Å². The van der Waals surface area contributed by atoms with Crippen molar-refractivity contribution in [3.8, 4) is 17.2 Å². The lowest BCUT2D eigenvalue weighted by atomic mass is 10.0. The molecule has 0 aromatic heterocycles. The number of carbonyl (C=O) groups excluding carboxylic acids is 1. The van der Waals surface area contributed by atoms with Gasteiger partial charge in [-0.2, -0.15) is 8.78 Å². The first-order valence-electron chi connectivity index (χ1n) is 8.42. The van der Waals surface area contributed by atoms with E-state index in [-0.39, 0.29) is 5.75 Å². The van der Waals surface area contributed by atoms with Crippen LogP contribution in [-0.2, 0) is 0 Å². The number of methoxy groups -OCH3 is 2. The first-order chi connectivity index (χ1) is 13.4. The largest absolute Gasteiger partial charge is 0.495 e. The molecule has 0 saturated heterocycles. The zero-order valence-corrected chi connectivity index (χ0v) is 16.3.